The van der Waals surface area contributed by atoms with E-state index in [1.54, 1.807) is 4.90 Å². The Morgan fingerprint density at radius 1 is 1.27 bits per heavy atom. The zero-order valence-electron chi connectivity index (χ0n) is 12.6. The van der Waals surface area contributed by atoms with Gasteiger partial charge in [-0.1, -0.05) is 19.1 Å². The lowest BCUT2D eigenvalue weighted by atomic mass is 9.99. The average molecular weight is 305 g/mol. The molecule has 0 radical (unpaired) electrons. The van der Waals surface area contributed by atoms with Crippen molar-refractivity contribution in [1.29, 1.82) is 0 Å². The first-order chi connectivity index (χ1) is 10.5. The van der Waals surface area contributed by atoms with Gasteiger partial charge in [0.2, 0.25) is 0 Å². The maximum Gasteiger partial charge on any atom is 0.312 e. The van der Waals surface area contributed by atoms with E-state index in [2.05, 4.69) is 17.1 Å². The van der Waals surface area contributed by atoms with Gasteiger partial charge in [-0.3, -0.25) is 14.5 Å². The monoisotopic (exact) mass is 305 g/mol. The highest BCUT2D eigenvalue weighted by Gasteiger charge is 2.37. The topological polar surface area (TPSA) is 52.7 Å². The van der Waals surface area contributed by atoms with Crippen LogP contribution >= 0.6 is 0 Å². The van der Waals surface area contributed by atoms with E-state index < -0.39 is 11.8 Å². The molecule has 22 heavy (non-hydrogen) atoms. The molecule has 0 aliphatic carbocycles. The van der Waals surface area contributed by atoms with Gasteiger partial charge in [-0.05, 0) is 23.6 Å². The number of hydrogen-bond acceptors (Lipinski definition) is 3. The van der Waals surface area contributed by atoms with Gasteiger partial charge < -0.3 is 10.2 Å². The van der Waals surface area contributed by atoms with Crippen LogP contribution in [0.1, 0.15) is 18.4 Å². The minimum atomic E-state index is -0.496. The average Bonchev–Trinajstić information content (AvgIpc) is 2.51. The largest absolute Gasteiger partial charge is 0.346 e. The molecule has 2 amide bonds. The fourth-order valence-corrected chi connectivity index (χ4v) is 3.23. The normalized spacial score (nSPS) is 23.9. The van der Waals surface area contributed by atoms with Crippen molar-refractivity contribution in [2.45, 2.75) is 18.9 Å². The van der Waals surface area contributed by atoms with Gasteiger partial charge in [0, 0.05) is 32.7 Å². The van der Waals surface area contributed by atoms with Gasteiger partial charge in [0.05, 0.1) is 6.04 Å². The van der Waals surface area contributed by atoms with Crippen LogP contribution in [0.2, 0.25) is 0 Å². The van der Waals surface area contributed by atoms with Gasteiger partial charge in [-0.15, -0.1) is 0 Å². The third-order valence-electron chi connectivity index (χ3n) is 4.49. The lowest BCUT2D eigenvalue weighted by Crippen LogP contribution is -2.65. The lowest BCUT2D eigenvalue weighted by molar-refractivity contribution is -0.152. The van der Waals surface area contributed by atoms with Gasteiger partial charge in [-0.2, -0.15) is 0 Å². The minimum absolute atomic E-state index is 0.0550. The fraction of sp³-hybridized carbons (Fsp3) is 0.500. The first-order valence-electron chi connectivity index (χ1n) is 7.61. The number of benzene rings is 1. The summed E-state index contributed by atoms with van der Waals surface area (Å²) < 4.78 is 13.0. The maximum atomic E-state index is 13.0. The van der Waals surface area contributed by atoms with Gasteiger partial charge in [0.1, 0.15) is 5.82 Å². The summed E-state index contributed by atoms with van der Waals surface area (Å²) in [5.74, 6) is -0.839. The van der Waals surface area contributed by atoms with E-state index in [9.17, 15) is 14.0 Å². The number of hydrogen-bond donors (Lipinski definition) is 1. The molecule has 118 valence electrons. The number of amides is 2. The summed E-state index contributed by atoms with van der Waals surface area (Å²) >= 11 is 0. The molecule has 5 nitrogen and oxygen atoms in total. The van der Waals surface area contributed by atoms with Crippen molar-refractivity contribution in [2.24, 2.45) is 0 Å². The van der Waals surface area contributed by atoms with Gasteiger partial charge in [0.15, 0.2) is 0 Å². The molecule has 0 spiro atoms. The van der Waals surface area contributed by atoms with Crippen LogP contribution in [-0.4, -0.2) is 60.4 Å². The molecule has 6 heteroatoms. The molecule has 2 aliphatic heterocycles. The minimum Gasteiger partial charge on any atom is -0.346 e. The molecule has 2 atom stereocenters. The first kappa shape index (κ1) is 15.0. The Morgan fingerprint density at radius 2 is 2.00 bits per heavy atom. The molecule has 1 aromatic carbocycles. The highest BCUT2D eigenvalue weighted by molar-refractivity contribution is 6.35. The highest BCUT2D eigenvalue weighted by Crippen LogP contribution is 2.20. The first-order valence-corrected chi connectivity index (χ1v) is 7.61. The third kappa shape index (κ3) is 2.97. The number of nitrogens with zero attached hydrogens (tertiary/aromatic N) is 2. The highest BCUT2D eigenvalue weighted by atomic mass is 19.1. The van der Waals surface area contributed by atoms with E-state index in [4.69, 9.17) is 0 Å². The number of nitrogens with one attached hydrogen (secondary N) is 1. The van der Waals surface area contributed by atoms with Crippen molar-refractivity contribution in [3.63, 3.8) is 0 Å². The van der Waals surface area contributed by atoms with Crippen LogP contribution in [0.3, 0.4) is 0 Å². The molecule has 2 aliphatic rings. The van der Waals surface area contributed by atoms with E-state index in [1.165, 1.54) is 12.1 Å². The van der Waals surface area contributed by atoms with Crippen LogP contribution in [0.15, 0.2) is 24.3 Å². The Morgan fingerprint density at radius 3 is 2.73 bits per heavy atom. The Kier molecular flexibility index (Phi) is 4.11. The lowest BCUT2D eigenvalue weighted by Gasteiger charge is -2.44. The number of carbonyl (C=O) groups excluding carboxylic acids is 2. The van der Waals surface area contributed by atoms with Crippen LogP contribution in [0, 0.1) is 5.82 Å². The molecule has 1 N–H and O–H groups in total. The number of carbonyl (C=O) groups is 2. The molecule has 0 aromatic heterocycles. The standard InChI is InChI=1S/C16H20FN3O2/c1-11(12-2-4-13(17)5-3-12)9-19-6-7-20-14(10-19)8-18-15(21)16(20)22/h2-5,11,14H,6-10H2,1H3,(H,18,21)/t11-,14+/m0/s1. The Balaban J connectivity index is 1.60. The van der Waals surface area contributed by atoms with E-state index in [0.29, 0.717) is 19.0 Å². The summed E-state index contributed by atoms with van der Waals surface area (Å²) in [6.07, 6.45) is 0. The molecule has 0 bridgehead atoms. The number of rotatable bonds is 3. The van der Waals surface area contributed by atoms with Crippen molar-refractivity contribution in [1.82, 2.24) is 15.1 Å². The summed E-state index contributed by atoms with van der Waals surface area (Å²) in [4.78, 5) is 27.2. The molecule has 2 fully saturated rings. The second kappa shape index (κ2) is 6.04. The van der Waals surface area contributed by atoms with E-state index >= 15 is 0 Å². The van der Waals surface area contributed by atoms with Crippen LogP contribution < -0.4 is 5.32 Å². The molecule has 3 rings (SSSR count). The Labute approximate surface area is 129 Å². The second-order valence-corrected chi connectivity index (χ2v) is 6.07. The molecule has 0 saturated carbocycles. The van der Waals surface area contributed by atoms with Crippen molar-refractivity contribution in [3.05, 3.63) is 35.6 Å². The molecule has 2 saturated heterocycles. The quantitative estimate of drug-likeness (QED) is 0.831. The van der Waals surface area contributed by atoms with Crippen molar-refractivity contribution in [3.8, 4) is 0 Å². The molecular formula is C16H20FN3O2. The Bertz CT molecular complexity index is 575. The van der Waals surface area contributed by atoms with Crippen LogP contribution in [-0.2, 0) is 9.59 Å². The molecule has 1 aromatic rings. The number of halogens is 1. The molecule has 2 heterocycles. The van der Waals surface area contributed by atoms with Crippen LogP contribution in [0.25, 0.3) is 0 Å². The van der Waals surface area contributed by atoms with Crippen LogP contribution in [0.5, 0.6) is 0 Å². The number of fused-ring (bicyclic) bond motifs is 1. The number of piperazine rings is 2. The fourth-order valence-electron chi connectivity index (χ4n) is 3.23. The second-order valence-electron chi connectivity index (χ2n) is 6.07. The summed E-state index contributed by atoms with van der Waals surface area (Å²) in [7, 11) is 0. The van der Waals surface area contributed by atoms with Crippen LogP contribution in [0.4, 0.5) is 4.39 Å². The summed E-state index contributed by atoms with van der Waals surface area (Å²) in [6.45, 7) is 5.61. The van der Waals surface area contributed by atoms with Gasteiger partial charge in [-0.25, -0.2) is 4.39 Å². The predicted octanol–water partition coefficient (Wildman–Crippen LogP) is 0.572. The van der Waals surface area contributed by atoms with E-state index in [0.717, 1.165) is 25.2 Å². The Hall–Kier alpha value is -1.95. The van der Waals surface area contributed by atoms with Gasteiger partial charge >= 0.3 is 11.8 Å². The summed E-state index contributed by atoms with van der Waals surface area (Å²) in [5, 5.41) is 2.64. The summed E-state index contributed by atoms with van der Waals surface area (Å²) in [5.41, 5.74) is 1.11. The van der Waals surface area contributed by atoms with E-state index in [1.807, 2.05) is 12.1 Å². The smallest absolute Gasteiger partial charge is 0.312 e. The zero-order valence-corrected chi connectivity index (χ0v) is 12.6. The zero-order chi connectivity index (χ0) is 15.7. The summed E-state index contributed by atoms with van der Waals surface area (Å²) in [6, 6.07) is 6.67. The van der Waals surface area contributed by atoms with Crippen molar-refractivity contribution < 1.29 is 14.0 Å². The van der Waals surface area contributed by atoms with Crippen molar-refractivity contribution in [2.75, 3.05) is 32.7 Å². The predicted molar refractivity (Wildman–Crippen MR) is 79.8 cm³/mol. The van der Waals surface area contributed by atoms with Gasteiger partial charge in [0.25, 0.3) is 0 Å². The van der Waals surface area contributed by atoms with E-state index in [-0.39, 0.29) is 11.9 Å². The molecule has 0 unspecified atom stereocenters. The SMILES string of the molecule is C[C@@H](CN1CCN2C(=O)C(=O)NC[C@@H]2C1)c1ccc(F)cc1. The third-order valence-corrected chi connectivity index (χ3v) is 4.49. The molecular weight excluding hydrogens is 285 g/mol. The maximum absolute atomic E-state index is 13.0. The van der Waals surface area contributed by atoms with Crippen molar-refractivity contribution >= 4 is 11.8 Å².